The van der Waals surface area contributed by atoms with Crippen LogP contribution in [0.25, 0.3) is 0 Å². The number of para-hydroxylation sites is 1. The number of carbonyl (C=O) groups excluding carboxylic acids is 2. The van der Waals surface area contributed by atoms with Crippen LogP contribution in [0.15, 0.2) is 83.8 Å². The number of sulfonamides is 1. The molecular weight excluding hydrogens is 530 g/mol. The van der Waals surface area contributed by atoms with Crippen LogP contribution in [0.2, 0.25) is 0 Å². The minimum Gasteiger partial charge on any atom is -0.497 e. The fourth-order valence-corrected chi connectivity index (χ4v) is 5.45. The monoisotopic (exact) mass is 567 g/mol. The van der Waals surface area contributed by atoms with Gasteiger partial charge in [-0.15, -0.1) is 0 Å². The van der Waals surface area contributed by atoms with E-state index in [9.17, 15) is 18.0 Å². The van der Waals surface area contributed by atoms with Gasteiger partial charge in [0.1, 0.15) is 24.1 Å². The number of nitrogens with one attached hydrogen (secondary N) is 1. The summed E-state index contributed by atoms with van der Waals surface area (Å²) in [6, 6.07) is 20.8. The third-order valence-corrected chi connectivity index (χ3v) is 8.06. The molecule has 3 rings (SSSR count). The molecule has 0 aliphatic carbocycles. The summed E-state index contributed by atoms with van der Waals surface area (Å²) in [6.45, 7) is 5.95. The number of hydrogen-bond acceptors (Lipinski definition) is 6. The predicted molar refractivity (Wildman–Crippen MR) is 155 cm³/mol. The highest BCUT2D eigenvalue weighted by Gasteiger charge is 2.32. The van der Waals surface area contributed by atoms with Crippen molar-refractivity contribution in [2.24, 2.45) is 0 Å². The molecule has 0 fully saturated rings. The van der Waals surface area contributed by atoms with Crippen molar-refractivity contribution in [3.05, 3.63) is 84.4 Å². The first-order valence-electron chi connectivity index (χ1n) is 13.2. The molecule has 0 bridgehead atoms. The van der Waals surface area contributed by atoms with Gasteiger partial charge in [0.05, 0.1) is 24.3 Å². The molecule has 0 unspecified atom stereocenters. The summed E-state index contributed by atoms with van der Waals surface area (Å²) in [7, 11) is -2.58. The number of carbonyl (C=O) groups is 2. The van der Waals surface area contributed by atoms with E-state index in [-0.39, 0.29) is 17.3 Å². The van der Waals surface area contributed by atoms with Crippen LogP contribution in [-0.2, 0) is 26.2 Å². The minimum atomic E-state index is -4.14. The van der Waals surface area contributed by atoms with E-state index in [0.717, 1.165) is 16.3 Å². The summed E-state index contributed by atoms with van der Waals surface area (Å²) < 4.78 is 39.5. The number of benzene rings is 3. The maximum Gasteiger partial charge on any atom is 0.264 e. The molecular formula is C30H37N3O6S. The molecule has 1 N–H and O–H groups in total. The number of rotatable bonds is 14. The zero-order chi connectivity index (χ0) is 29.1. The second kappa shape index (κ2) is 14.4. The topological polar surface area (TPSA) is 105 Å². The van der Waals surface area contributed by atoms with Crippen molar-refractivity contribution in [2.45, 2.75) is 44.7 Å². The van der Waals surface area contributed by atoms with Crippen molar-refractivity contribution in [3.63, 3.8) is 0 Å². The Morgan fingerprint density at radius 2 is 1.52 bits per heavy atom. The van der Waals surface area contributed by atoms with Gasteiger partial charge in [-0.2, -0.15) is 0 Å². The molecule has 9 nitrogen and oxygen atoms in total. The first-order valence-corrected chi connectivity index (χ1v) is 14.7. The van der Waals surface area contributed by atoms with Crippen molar-refractivity contribution in [3.8, 4) is 11.5 Å². The van der Waals surface area contributed by atoms with E-state index in [1.165, 1.54) is 17.0 Å². The Labute approximate surface area is 236 Å². The molecule has 1 atom stereocenters. The van der Waals surface area contributed by atoms with Gasteiger partial charge in [-0.05, 0) is 74.4 Å². The van der Waals surface area contributed by atoms with Gasteiger partial charge in [0.25, 0.3) is 10.0 Å². The molecule has 10 heteroatoms. The third kappa shape index (κ3) is 7.75. The Morgan fingerprint density at radius 1 is 0.900 bits per heavy atom. The molecule has 3 aromatic rings. The zero-order valence-corrected chi connectivity index (χ0v) is 24.2. The van der Waals surface area contributed by atoms with Crippen LogP contribution < -0.4 is 19.1 Å². The van der Waals surface area contributed by atoms with Gasteiger partial charge in [0, 0.05) is 13.1 Å². The SMILES string of the molecule is CCCNC(=O)[C@@H](C)N(Cc1ccc(OC)cc1)C(=O)CN(c1ccccc1)S(=O)(=O)c1ccc(OCC)cc1. The van der Waals surface area contributed by atoms with E-state index in [0.29, 0.717) is 30.3 Å². The summed E-state index contributed by atoms with van der Waals surface area (Å²) in [5, 5.41) is 2.83. The first kappa shape index (κ1) is 30.5. The predicted octanol–water partition coefficient (Wildman–Crippen LogP) is 4.23. The quantitative estimate of drug-likeness (QED) is 0.313. The fourth-order valence-electron chi connectivity index (χ4n) is 4.03. The van der Waals surface area contributed by atoms with Gasteiger partial charge in [0.15, 0.2) is 0 Å². The average Bonchev–Trinajstić information content (AvgIpc) is 2.98. The molecule has 0 aliphatic rings. The van der Waals surface area contributed by atoms with E-state index >= 15 is 0 Å². The number of methoxy groups -OCH3 is 1. The molecule has 3 aromatic carbocycles. The number of hydrogen-bond donors (Lipinski definition) is 1. The second-order valence-electron chi connectivity index (χ2n) is 9.09. The molecule has 0 heterocycles. The molecule has 0 radical (unpaired) electrons. The second-order valence-corrected chi connectivity index (χ2v) is 11.0. The molecule has 0 aliphatic heterocycles. The highest BCUT2D eigenvalue weighted by Crippen LogP contribution is 2.26. The highest BCUT2D eigenvalue weighted by molar-refractivity contribution is 7.92. The molecule has 0 spiro atoms. The smallest absolute Gasteiger partial charge is 0.264 e. The van der Waals surface area contributed by atoms with Crippen LogP contribution in [0.5, 0.6) is 11.5 Å². The van der Waals surface area contributed by atoms with Gasteiger partial charge < -0.3 is 19.7 Å². The summed E-state index contributed by atoms with van der Waals surface area (Å²) >= 11 is 0. The van der Waals surface area contributed by atoms with Crippen LogP contribution in [-0.4, -0.2) is 58.0 Å². The number of anilines is 1. The van der Waals surface area contributed by atoms with Crippen molar-refractivity contribution >= 4 is 27.5 Å². The van der Waals surface area contributed by atoms with Crippen molar-refractivity contribution in [1.82, 2.24) is 10.2 Å². The summed E-state index contributed by atoms with van der Waals surface area (Å²) in [6.07, 6.45) is 0.743. The lowest BCUT2D eigenvalue weighted by atomic mass is 10.1. The van der Waals surface area contributed by atoms with E-state index in [2.05, 4.69) is 5.32 Å². The Hall–Kier alpha value is -4.05. The maximum absolute atomic E-state index is 13.9. The largest absolute Gasteiger partial charge is 0.497 e. The van der Waals surface area contributed by atoms with Crippen molar-refractivity contribution in [1.29, 1.82) is 0 Å². The molecule has 0 saturated heterocycles. The molecule has 214 valence electrons. The van der Waals surface area contributed by atoms with Crippen LogP contribution in [0.1, 0.15) is 32.8 Å². The lowest BCUT2D eigenvalue weighted by Gasteiger charge is -2.32. The van der Waals surface area contributed by atoms with Gasteiger partial charge in [-0.3, -0.25) is 13.9 Å². The number of ether oxygens (including phenoxy) is 2. The summed E-state index contributed by atoms with van der Waals surface area (Å²) in [5.74, 6) is 0.367. The average molecular weight is 568 g/mol. The van der Waals surface area contributed by atoms with Crippen molar-refractivity contribution in [2.75, 3.05) is 31.1 Å². The van der Waals surface area contributed by atoms with Gasteiger partial charge in [0.2, 0.25) is 11.8 Å². The van der Waals surface area contributed by atoms with Gasteiger partial charge in [-0.25, -0.2) is 8.42 Å². The maximum atomic E-state index is 13.9. The van der Waals surface area contributed by atoms with Crippen LogP contribution in [0.3, 0.4) is 0 Å². The normalized spacial score (nSPS) is 11.8. The third-order valence-electron chi connectivity index (χ3n) is 6.27. The Kier molecular flexibility index (Phi) is 11.0. The van der Waals surface area contributed by atoms with Crippen molar-refractivity contribution < 1.29 is 27.5 Å². The lowest BCUT2D eigenvalue weighted by molar-refractivity contribution is -0.139. The summed E-state index contributed by atoms with van der Waals surface area (Å²) in [4.78, 5) is 28.2. The molecule has 2 amide bonds. The molecule has 0 saturated carbocycles. The van der Waals surface area contributed by atoms with E-state index in [1.807, 2.05) is 13.8 Å². The highest BCUT2D eigenvalue weighted by atomic mass is 32.2. The van der Waals surface area contributed by atoms with E-state index < -0.39 is 28.5 Å². The van der Waals surface area contributed by atoms with Gasteiger partial charge >= 0.3 is 0 Å². The zero-order valence-electron chi connectivity index (χ0n) is 23.4. The standard InChI is InChI=1S/C30H37N3O6S/c1-5-20-31-30(35)23(3)32(21-24-12-14-26(38-4)15-13-24)29(34)22-33(25-10-8-7-9-11-25)40(36,37)28-18-16-27(17-19-28)39-6-2/h7-19,23H,5-6,20-22H2,1-4H3,(H,31,35)/t23-/m1/s1. The van der Waals surface area contributed by atoms with Crippen LogP contribution in [0, 0.1) is 0 Å². The van der Waals surface area contributed by atoms with Crippen LogP contribution >= 0.6 is 0 Å². The lowest BCUT2D eigenvalue weighted by Crippen LogP contribution is -2.51. The Morgan fingerprint density at radius 3 is 2.10 bits per heavy atom. The van der Waals surface area contributed by atoms with E-state index in [1.54, 1.807) is 80.8 Å². The summed E-state index contributed by atoms with van der Waals surface area (Å²) in [5.41, 5.74) is 1.10. The van der Waals surface area contributed by atoms with Gasteiger partial charge in [-0.1, -0.05) is 37.3 Å². The number of nitrogens with zero attached hydrogens (tertiary/aromatic N) is 2. The minimum absolute atomic E-state index is 0.0167. The first-order chi connectivity index (χ1) is 19.2. The Bertz CT molecular complexity index is 1350. The number of amides is 2. The van der Waals surface area contributed by atoms with E-state index in [4.69, 9.17) is 9.47 Å². The Balaban J connectivity index is 1.97. The molecule has 40 heavy (non-hydrogen) atoms. The molecule has 0 aromatic heterocycles. The van der Waals surface area contributed by atoms with Crippen LogP contribution in [0.4, 0.5) is 5.69 Å². The fraction of sp³-hybridized carbons (Fsp3) is 0.333.